The molecule has 1 heterocycles. The molecule has 2 unspecified atom stereocenters. The van der Waals surface area contributed by atoms with Gasteiger partial charge in [0.05, 0.1) is 0 Å². The molecule has 1 aliphatic rings. The van der Waals surface area contributed by atoms with E-state index in [1.165, 1.54) is 19.3 Å². The first-order valence-corrected chi connectivity index (χ1v) is 5.87. The summed E-state index contributed by atoms with van der Waals surface area (Å²) in [5.74, 6) is 5.84. The number of hydrogen-bond acceptors (Lipinski definition) is 3. The Morgan fingerprint density at radius 3 is 2.93 bits per heavy atom. The number of carbonyl (C=O) groups excluding carboxylic acids is 1. The van der Waals surface area contributed by atoms with E-state index in [4.69, 9.17) is 5.84 Å². The van der Waals surface area contributed by atoms with Crippen molar-refractivity contribution in [2.45, 2.75) is 45.6 Å². The second kappa shape index (κ2) is 6.08. The summed E-state index contributed by atoms with van der Waals surface area (Å²) in [5, 5.41) is 0. The summed E-state index contributed by atoms with van der Waals surface area (Å²) in [4.78, 5) is 13.6. The molecule has 88 valence electrons. The zero-order chi connectivity index (χ0) is 11.3. The van der Waals surface area contributed by atoms with Crippen LogP contribution in [-0.4, -0.2) is 29.9 Å². The van der Waals surface area contributed by atoms with Crippen LogP contribution in [0.5, 0.6) is 0 Å². The van der Waals surface area contributed by atoms with Gasteiger partial charge in [-0.25, -0.2) is 5.84 Å². The van der Waals surface area contributed by atoms with E-state index in [0.717, 1.165) is 19.0 Å². The largest absolute Gasteiger partial charge is 0.300 e. The fraction of sp³-hybridized carbons (Fsp3) is 0.909. The smallest absolute Gasteiger partial charge is 0.235 e. The quantitative estimate of drug-likeness (QED) is 0.415. The van der Waals surface area contributed by atoms with Crippen molar-refractivity contribution < 1.29 is 4.79 Å². The highest BCUT2D eigenvalue weighted by Crippen LogP contribution is 2.18. The van der Waals surface area contributed by atoms with Gasteiger partial charge in [0.2, 0.25) is 5.91 Å². The number of likely N-dealkylation sites (tertiary alicyclic amines) is 1. The Bertz CT molecular complexity index is 208. The van der Waals surface area contributed by atoms with Crippen molar-refractivity contribution in [1.82, 2.24) is 10.3 Å². The molecule has 1 rings (SSSR count). The fourth-order valence-corrected chi connectivity index (χ4v) is 2.18. The van der Waals surface area contributed by atoms with Crippen LogP contribution in [0.2, 0.25) is 0 Å². The predicted molar refractivity (Wildman–Crippen MR) is 61.0 cm³/mol. The minimum Gasteiger partial charge on any atom is -0.300 e. The summed E-state index contributed by atoms with van der Waals surface area (Å²) < 4.78 is 0. The first-order valence-electron chi connectivity index (χ1n) is 5.87. The van der Waals surface area contributed by atoms with Gasteiger partial charge in [-0.1, -0.05) is 6.92 Å². The zero-order valence-electron chi connectivity index (χ0n) is 9.83. The Kier molecular flexibility index (Phi) is 5.05. The normalized spacial score (nSPS) is 25.7. The number of amides is 1. The first kappa shape index (κ1) is 12.5. The van der Waals surface area contributed by atoms with Crippen molar-refractivity contribution in [1.29, 1.82) is 0 Å². The lowest BCUT2D eigenvalue weighted by molar-refractivity contribution is -0.122. The van der Waals surface area contributed by atoms with Gasteiger partial charge in [-0.3, -0.25) is 10.2 Å². The maximum absolute atomic E-state index is 11.2. The maximum Gasteiger partial charge on any atom is 0.235 e. The third kappa shape index (κ3) is 4.18. The molecular weight excluding hydrogens is 190 g/mol. The van der Waals surface area contributed by atoms with Crippen LogP contribution in [0.25, 0.3) is 0 Å². The molecule has 2 atom stereocenters. The molecule has 0 spiro atoms. The van der Waals surface area contributed by atoms with Gasteiger partial charge in [0.25, 0.3) is 0 Å². The highest BCUT2D eigenvalue weighted by Gasteiger charge is 2.19. The number of carbonyl (C=O) groups is 1. The van der Waals surface area contributed by atoms with Crippen molar-refractivity contribution in [3.63, 3.8) is 0 Å². The number of hydrogen-bond donors (Lipinski definition) is 2. The SMILES string of the molecule is CC1CCCN(C(C)CC(=O)NN)CC1. The molecule has 0 aromatic carbocycles. The second-order valence-electron chi connectivity index (χ2n) is 4.69. The van der Waals surface area contributed by atoms with Crippen LogP contribution in [0.3, 0.4) is 0 Å². The van der Waals surface area contributed by atoms with E-state index in [9.17, 15) is 4.79 Å². The standard InChI is InChI=1S/C11H23N3O/c1-9-4-3-6-14(7-5-9)10(2)8-11(15)13-12/h9-10H,3-8,12H2,1-2H3,(H,13,15). The lowest BCUT2D eigenvalue weighted by atomic mass is 10.0. The Morgan fingerprint density at radius 1 is 1.53 bits per heavy atom. The molecule has 4 nitrogen and oxygen atoms in total. The molecule has 1 fully saturated rings. The molecule has 4 heteroatoms. The lowest BCUT2D eigenvalue weighted by Crippen LogP contribution is -2.40. The summed E-state index contributed by atoms with van der Waals surface area (Å²) in [5.41, 5.74) is 2.19. The molecule has 0 aromatic heterocycles. The van der Waals surface area contributed by atoms with E-state index in [-0.39, 0.29) is 5.91 Å². The van der Waals surface area contributed by atoms with Crippen molar-refractivity contribution >= 4 is 5.91 Å². The zero-order valence-corrected chi connectivity index (χ0v) is 9.83. The van der Waals surface area contributed by atoms with Crippen molar-refractivity contribution in [2.24, 2.45) is 11.8 Å². The van der Waals surface area contributed by atoms with Gasteiger partial charge < -0.3 is 4.90 Å². The summed E-state index contributed by atoms with van der Waals surface area (Å²) in [6, 6.07) is 0.304. The average Bonchev–Trinajstić information content (AvgIpc) is 2.42. The second-order valence-corrected chi connectivity index (χ2v) is 4.69. The molecule has 1 amide bonds. The maximum atomic E-state index is 11.2. The topological polar surface area (TPSA) is 58.4 Å². The van der Waals surface area contributed by atoms with Gasteiger partial charge in [0, 0.05) is 12.5 Å². The van der Waals surface area contributed by atoms with Gasteiger partial charge in [-0.15, -0.1) is 0 Å². The molecule has 0 saturated carbocycles. The van der Waals surface area contributed by atoms with Gasteiger partial charge in [0.15, 0.2) is 0 Å². The molecule has 0 aliphatic carbocycles. The van der Waals surface area contributed by atoms with Crippen molar-refractivity contribution in [3.05, 3.63) is 0 Å². The predicted octanol–water partition coefficient (Wildman–Crippen LogP) is 0.877. The number of nitrogens with two attached hydrogens (primary N) is 1. The molecule has 0 bridgehead atoms. The van der Waals surface area contributed by atoms with E-state index in [1.807, 2.05) is 0 Å². The summed E-state index contributed by atoms with van der Waals surface area (Å²) in [6.07, 6.45) is 4.31. The third-order valence-corrected chi connectivity index (χ3v) is 3.32. The van der Waals surface area contributed by atoms with Crippen LogP contribution in [-0.2, 0) is 4.79 Å². The number of nitrogens with zero attached hydrogens (tertiary/aromatic N) is 1. The lowest BCUT2D eigenvalue weighted by Gasteiger charge is -2.26. The van der Waals surface area contributed by atoms with Crippen LogP contribution in [0.1, 0.15) is 39.5 Å². The van der Waals surface area contributed by atoms with Crippen molar-refractivity contribution in [3.8, 4) is 0 Å². The van der Waals surface area contributed by atoms with Crippen LogP contribution >= 0.6 is 0 Å². The Labute approximate surface area is 92.2 Å². The van der Waals surface area contributed by atoms with Crippen LogP contribution in [0.15, 0.2) is 0 Å². The molecule has 1 aliphatic heterocycles. The van der Waals surface area contributed by atoms with Gasteiger partial charge in [0.1, 0.15) is 0 Å². The van der Waals surface area contributed by atoms with E-state index in [2.05, 4.69) is 24.2 Å². The number of nitrogens with one attached hydrogen (secondary N) is 1. The van der Waals surface area contributed by atoms with Crippen molar-refractivity contribution in [2.75, 3.05) is 13.1 Å². The highest BCUT2D eigenvalue weighted by molar-refractivity contribution is 5.75. The van der Waals surface area contributed by atoms with Gasteiger partial charge in [-0.2, -0.15) is 0 Å². The number of rotatable bonds is 3. The van der Waals surface area contributed by atoms with Crippen LogP contribution < -0.4 is 11.3 Å². The van der Waals surface area contributed by atoms with Gasteiger partial charge >= 0.3 is 0 Å². The van der Waals surface area contributed by atoms with E-state index in [1.54, 1.807) is 0 Å². The molecule has 15 heavy (non-hydrogen) atoms. The summed E-state index contributed by atoms with van der Waals surface area (Å²) in [6.45, 7) is 6.63. The highest BCUT2D eigenvalue weighted by atomic mass is 16.2. The van der Waals surface area contributed by atoms with Crippen LogP contribution in [0, 0.1) is 5.92 Å². The fourth-order valence-electron chi connectivity index (χ4n) is 2.18. The Morgan fingerprint density at radius 2 is 2.27 bits per heavy atom. The van der Waals surface area contributed by atoms with E-state index < -0.39 is 0 Å². The number of hydrazine groups is 1. The van der Waals surface area contributed by atoms with E-state index >= 15 is 0 Å². The summed E-state index contributed by atoms with van der Waals surface area (Å²) >= 11 is 0. The molecule has 3 N–H and O–H groups in total. The Hall–Kier alpha value is -0.610. The van der Waals surface area contributed by atoms with Crippen LogP contribution in [0.4, 0.5) is 0 Å². The first-order chi connectivity index (χ1) is 7.13. The van der Waals surface area contributed by atoms with Gasteiger partial charge in [-0.05, 0) is 45.2 Å². The Balaban J connectivity index is 2.37. The summed E-state index contributed by atoms with van der Waals surface area (Å²) in [7, 11) is 0. The molecule has 0 aromatic rings. The monoisotopic (exact) mass is 213 g/mol. The molecule has 0 radical (unpaired) electrons. The van der Waals surface area contributed by atoms with E-state index in [0.29, 0.717) is 12.5 Å². The average molecular weight is 213 g/mol. The minimum absolute atomic E-state index is 0.0696. The molecule has 1 saturated heterocycles. The third-order valence-electron chi connectivity index (χ3n) is 3.32. The minimum atomic E-state index is -0.0696. The molecular formula is C11H23N3O.